The number of carbonyl (C=O) groups excluding carboxylic acids is 1. The molecule has 0 bridgehead atoms. The summed E-state index contributed by atoms with van der Waals surface area (Å²) in [5, 5.41) is 0. The molecule has 3 rings (SSSR count). The molecule has 0 fully saturated rings. The Bertz CT molecular complexity index is 859. The minimum absolute atomic E-state index is 0.289. The van der Waals surface area contributed by atoms with Gasteiger partial charge < -0.3 is 14.5 Å². The van der Waals surface area contributed by atoms with E-state index in [1.165, 1.54) is 0 Å². The maximum atomic E-state index is 12.1. The maximum absolute atomic E-state index is 12.1. The predicted octanol–water partition coefficient (Wildman–Crippen LogP) is 4.77. The predicted molar refractivity (Wildman–Crippen MR) is 111 cm³/mol. The molecule has 0 unspecified atom stereocenters. The summed E-state index contributed by atoms with van der Waals surface area (Å²) in [6.07, 6.45) is 3.85. The van der Waals surface area contributed by atoms with Crippen LogP contribution >= 0.6 is 0 Å². The van der Waals surface area contributed by atoms with E-state index in [0.717, 1.165) is 36.0 Å². The van der Waals surface area contributed by atoms with Gasteiger partial charge in [-0.3, -0.25) is 4.99 Å². The Kier molecular flexibility index (Phi) is 5.91. The highest BCUT2D eigenvalue weighted by Gasteiger charge is 2.30. The number of esters is 1. The molecular formula is C22H25N3O2. The van der Waals surface area contributed by atoms with Crippen molar-refractivity contribution < 1.29 is 9.53 Å². The van der Waals surface area contributed by atoms with E-state index in [0.29, 0.717) is 12.2 Å². The van der Waals surface area contributed by atoms with Crippen molar-refractivity contribution in [1.82, 2.24) is 0 Å². The Morgan fingerprint density at radius 1 is 1.00 bits per heavy atom. The van der Waals surface area contributed by atoms with Crippen molar-refractivity contribution in [3.05, 3.63) is 66.0 Å². The van der Waals surface area contributed by atoms with Crippen LogP contribution in [-0.2, 0) is 4.74 Å². The average Bonchev–Trinajstić information content (AvgIpc) is 3.00. The summed E-state index contributed by atoms with van der Waals surface area (Å²) in [5.41, 5.74) is 3.60. The first-order valence-electron chi connectivity index (χ1n) is 9.35. The highest BCUT2D eigenvalue weighted by atomic mass is 16.5. The molecule has 0 radical (unpaired) electrons. The van der Waals surface area contributed by atoms with Crippen molar-refractivity contribution in [2.45, 2.75) is 20.8 Å². The summed E-state index contributed by atoms with van der Waals surface area (Å²) in [4.78, 5) is 21.0. The van der Waals surface area contributed by atoms with E-state index in [4.69, 9.17) is 4.74 Å². The molecule has 5 nitrogen and oxygen atoms in total. The van der Waals surface area contributed by atoms with Crippen LogP contribution in [0.15, 0.2) is 65.4 Å². The lowest BCUT2D eigenvalue weighted by atomic mass is 10.1. The van der Waals surface area contributed by atoms with Crippen LogP contribution in [0.5, 0.6) is 0 Å². The zero-order valence-electron chi connectivity index (χ0n) is 16.1. The Hall–Kier alpha value is -3.08. The number of carbonyl (C=O) groups is 1. The van der Waals surface area contributed by atoms with Gasteiger partial charge in [0, 0.05) is 19.3 Å². The summed E-state index contributed by atoms with van der Waals surface area (Å²) >= 11 is 0. The number of rotatable bonds is 6. The molecule has 0 saturated carbocycles. The van der Waals surface area contributed by atoms with Gasteiger partial charge in [-0.15, -0.1) is 0 Å². The number of aliphatic imine (C=N–C) groups is 1. The van der Waals surface area contributed by atoms with Gasteiger partial charge in [0.15, 0.2) is 0 Å². The summed E-state index contributed by atoms with van der Waals surface area (Å²) in [6.45, 7) is 8.02. The molecule has 140 valence electrons. The van der Waals surface area contributed by atoms with E-state index in [9.17, 15) is 4.79 Å². The van der Waals surface area contributed by atoms with E-state index >= 15 is 0 Å². The van der Waals surface area contributed by atoms with Gasteiger partial charge in [0.25, 0.3) is 0 Å². The topological polar surface area (TPSA) is 45.1 Å². The zero-order chi connectivity index (χ0) is 19.2. The van der Waals surface area contributed by atoms with Gasteiger partial charge in [-0.05, 0) is 57.2 Å². The summed E-state index contributed by atoms with van der Waals surface area (Å²) in [6, 6.07) is 15.6. The largest absolute Gasteiger partial charge is 0.462 e. The molecule has 2 aromatic rings. The fraction of sp³-hybridized carbons (Fsp3) is 0.273. The van der Waals surface area contributed by atoms with Gasteiger partial charge in [-0.2, -0.15) is 0 Å². The number of ether oxygens (including phenoxy) is 1. The fourth-order valence-corrected chi connectivity index (χ4v) is 3.25. The monoisotopic (exact) mass is 363 g/mol. The van der Waals surface area contributed by atoms with Crippen molar-refractivity contribution in [2.24, 2.45) is 4.99 Å². The van der Waals surface area contributed by atoms with Gasteiger partial charge in [0.1, 0.15) is 5.82 Å². The first-order valence-corrected chi connectivity index (χ1v) is 9.35. The van der Waals surface area contributed by atoms with Gasteiger partial charge in [0.05, 0.1) is 29.2 Å². The van der Waals surface area contributed by atoms with Crippen LogP contribution in [0.2, 0.25) is 0 Å². The van der Waals surface area contributed by atoms with E-state index in [-0.39, 0.29) is 5.97 Å². The lowest BCUT2D eigenvalue weighted by Gasteiger charge is -2.22. The lowest BCUT2D eigenvalue weighted by Crippen LogP contribution is -2.28. The summed E-state index contributed by atoms with van der Waals surface area (Å²) < 4.78 is 5.14. The Morgan fingerprint density at radius 3 is 2.37 bits per heavy atom. The van der Waals surface area contributed by atoms with Gasteiger partial charge >= 0.3 is 5.97 Å². The van der Waals surface area contributed by atoms with Crippen LogP contribution in [0.4, 0.5) is 17.1 Å². The highest BCUT2D eigenvalue weighted by Crippen LogP contribution is 2.41. The van der Waals surface area contributed by atoms with E-state index < -0.39 is 0 Å². The molecule has 27 heavy (non-hydrogen) atoms. The van der Waals surface area contributed by atoms with Crippen molar-refractivity contribution in [3.63, 3.8) is 0 Å². The number of para-hydroxylation sites is 1. The van der Waals surface area contributed by atoms with Crippen molar-refractivity contribution in [2.75, 3.05) is 29.5 Å². The van der Waals surface area contributed by atoms with Crippen LogP contribution in [0, 0.1) is 0 Å². The second-order valence-corrected chi connectivity index (χ2v) is 6.05. The normalized spacial score (nSPS) is 14.9. The maximum Gasteiger partial charge on any atom is 0.338 e. The number of benzene rings is 2. The Balaban J connectivity index is 1.94. The molecule has 0 amide bonds. The highest BCUT2D eigenvalue weighted by molar-refractivity contribution is 5.95. The molecule has 1 aliphatic heterocycles. The van der Waals surface area contributed by atoms with Crippen LogP contribution in [-0.4, -0.2) is 31.9 Å². The smallest absolute Gasteiger partial charge is 0.338 e. The van der Waals surface area contributed by atoms with Crippen LogP contribution in [0.25, 0.3) is 0 Å². The molecule has 0 N–H and O–H groups in total. The minimum atomic E-state index is -0.289. The number of hydrogen-bond acceptors (Lipinski definition) is 5. The number of nitrogens with zero attached hydrogens (tertiary/aromatic N) is 3. The molecule has 0 aromatic heterocycles. The molecular weight excluding hydrogens is 338 g/mol. The van der Waals surface area contributed by atoms with E-state index in [1.54, 1.807) is 0 Å². The van der Waals surface area contributed by atoms with Crippen LogP contribution < -0.4 is 9.80 Å². The van der Waals surface area contributed by atoms with Gasteiger partial charge in [-0.25, -0.2) is 4.79 Å². The molecule has 5 heteroatoms. The molecule has 0 atom stereocenters. The third-order valence-electron chi connectivity index (χ3n) is 4.46. The SMILES string of the molecule is CCOC(=O)c1ccc2c(c1)N(CC)C(=CC=Nc1ccccc1)N2CC. The van der Waals surface area contributed by atoms with Crippen molar-refractivity contribution in [1.29, 1.82) is 0 Å². The van der Waals surface area contributed by atoms with Crippen LogP contribution in [0.3, 0.4) is 0 Å². The quantitative estimate of drug-likeness (QED) is 0.548. The van der Waals surface area contributed by atoms with Crippen molar-refractivity contribution in [3.8, 4) is 0 Å². The summed E-state index contributed by atoms with van der Waals surface area (Å²) in [7, 11) is 0. The third-order valence-corrected chi connectivity index (χ3v) is 4.46. The molecule has 1 aliphatic rings. The number of allylic oxidation sites excluding steroid dienone is 1. The summed E-state index contributed by atoms with van der Waals surface area (Å²) in [5.74, 6) is 0.762. The first kappa shape index (κ1) is 18.7. The van der Waals surface area contributed by atoms with E-state index in [2.05, 4.69) is 28.6 Å². The van der Waals surface area contributed by atoms with Gasteiger partial charge in [-0.1, -0.05) is 18.2 Å². The molecule has 0 aliphatic carbocycles. The van der Waals surface area contributed by atoms with Gasteiger partial charge in [0.2, 0.25) is 0 Å². The van der Waals surface area contributed by atoms with Crippen LogP contribution in [0.1, 0.15) is 31.1 Å². The second-order valence-electron chi connectivity index (χ2n) is 6.05. The molecule has 1 heterocycles. The third kappa shape index (κ3) is 3.87. The Labute approximate surface area is 160 Å². The van der Waals surface area contributed by atoms with E-state index in [1.807, 2.05) is 67.7 Å². The minimum Gasteiger partial charge on any atom is -0.462 e. The molecule has 0 spiro atoms. The number of anilines is 2. The zero-order valence-corrected chi connectivity index (χ0v) is 16.1. The molecule has 0 saturated heterocycles. The number of fused-ring (bicyclic) bond motifs is 1. The number of hydrogen-bond donors (Lipinski definition) is 0. The molecule has 2 aromatic carbocycles. The standard InChI is InChI=1S/C22H25N3O2/c1-4-24-19-13-12-17(22(26)27-6-3)16-20(19)25(5-2)21(24)14-15-23-18-10-8-7-9-11-18/h7-16H,4-6H2,1-3H3. The Morgan fingerprint density at radius 2 is 1.70 bits per heavy atom. The first-order chi connectivity index (χ1) is 13.2. The fourth-order valence-electron chi connectivity index (χ4n) is 3.25. The van der Waals surface area contributed by atoms with Crippen molar-refractivity contribution >= 4 is 29.2 Å². The lowest BCUT2D eigenvalue weighted by molar-refractivity contribution is 0.0526. The average molecular weight is 363 g/mol. The second kappa shape index (κ2) is 8.54.